The van der Waals surface area contributed by atoms with Crippen LogP contribution in [-0.2, 0) is 14.6 Å². The third-order valence-electron chi connectivity index (χ3n) is 3.78. The standard InChI is InChI=1S/C13H17NO3S/c15-18(16)10-12(14-6-8-17-9-7-14)13(18)11-4-2-1-3-5-11/h1-5,12-13H,6-10H2/t12-,13-/m1/s1. The molecule has 0 unspecified atom stereocenters. The van der Waals surface area contributed by atoms with Crippen LogP contribution in [0.4, 0.5) is 0 Å². The predicted octanol–water partition coefficient (Wildman–Crippen LogP) is 0.857. The fourth-order valence-electron chi connectivity index (χ4n) is 2.82. The number of ether oxygens (including phenoxy) is 1. The van der Waals surface area contributed by atoms with Gasteiger partial charge in [-0.3, -0.25) is 4.90 Å². The molecule has 1 aromatic rings. The maximum atomic E-state index is 12.0. The lowest BCUT2D eigenvalue weighted by Crippen LogP contribution is -2.58. The number of nitrogens with zero attached hydrogens (tertiary/aromatic N) is 1. The molecule has 0 N–H and O–H groups in total. The Morgan fingerprint density at radius 2 is 1.78 bits per heavy atom. The van der Waals surface area contributed by atoms with Gasteiger partial charge in [0.2, 0.25) is 0 Å². The van der Waals surface area contributed by atoms with Crippen molar-refractivity contribution in [1.29, 1.82) is 0 Å². The van der Waals surface area contributed by atoms with Crippen LogP contribution in [-0.4, -0.2) is 51.4 Å². The van der Waals surface area contributed by atoms with Crippen LogP contribution in [0.3, 0.4) is 0 Å². The molecule has 5 heteroatoms. The molecule has 4 nitrogen and oxygen atoms in total. The number of hydrogen-bond acceptors (Lipinski definition) is 4. The molecule has 0 amide bonds. The second-order valence-corrected chi connectivity index (χ2v) is 7.04. The molecule has 2 aliphatic rings. The summed E-state index contributed by atoms with van der Waals surface area (Å²) in [6.45, 7) is 3.09. The number of benzene rings is 1. The molecule has 0 bridgehead atoms. The van der Waals surface area contributed by atoms with E-state index in [1.807, 2.05) is 30.3 Å². The van der Waals surface area contributed by atoms with E-state index in [4.69, 9.17) is 4.74 Å². The second-order valence-electron chi connectivity index (χ2n) is 4.88. The molecule has 0 radical (unpaired) electrons. The Bertz CT molecular complexity index is 508. The Labute approximate surface area is 107 Å². The van der Waals surface area contributed by atoms with Crippen molar-refractivity contribution in [3.63, 3.8) is 0 Å². The highest BCUT2D eigenvalue weighted by Crippen LogP contribution is 2.39. The summed E-state index contributed by atoms with van der Waals surface area (Å²) in [6, 6.07) is 9.67. The quantitative estimate of drug-likeness (QED) is 0.797. The molecule has 0 aliphatic carbocycles. The van der Waals surface area contributed by atoms with E-state index in [0.717, 1.165) is 18.7 Å². The zero-order valence-electron chi connectivity index (χ0n) is 10.2. The molecule has 0 aromatic heterocycles. The van der Waals surface area contributed by atoms with E-state index < -0.39 is 9.84 Å². The lowest BCUT2D eigenvalue weighted by Gasteiger charge is -2.45. The van der Waals surface area contributed by atoms with Gasteiger partial charge in [-0.1, -0.05) is 30.3 Å². The summed E-state index contributed by atoms with van der Waals surface area (Å²) in [5, 5.41) is -0.350. The number of rotatable bonds is 2. The molecule has 18 heavy (non-hydrogen) atoms. The van der Waals surface area contributed by atoms with Crippen LogP contribution in [0.25, 0.3) is 0 Å². The zero-order chi connectivity index (χ0) is 12.6. The van der Waals surface area contributed by atoms with Crippen LogP contribution in [0.2, 0.25) is 0 Å². The van der Waals surface area contributed by atoms with Gasteiger partial charge in [-0.25, -0.2) is 8.42 Å². The van der Waals surface area contributed by atoms with Crippen LogP contribution in [0.5, 0.6) is 0 Å². The molecule has 3 rings (SSSR count). The van der Waals surface area contributed by atoms with Gasteiger partial charge < -0.3 is 4.74 Å². The van der Waals surface area contributed by atoms with Crippen LogP contribution in [0.1, 0.15) is 10.8 Å². The van der Waals surface area contributed by atoms with Gasteiger partial charge in [-0.15, -0.1) is 0 Å². The smallest absolute Gasteiger partial charge is 0.160 e. The summed E-state index contributed by atoms with van der Waals surface area (Å²) in [6.07, 6.45) is 0. The maximum absolute atomic E-state index is 12.0. The van der Waals surface area contributed by atoms with E-state index in [-0.39, 0.29) is 17.0 Å². The first-order valence-corrected chi connectivity index (χ1v) is 7.98. The van der Waals surface area contributed by atoms with Crippen molar-refractivity contribution in [1.82, 2.24) is 4.90 Å². The van der Waals surface area contributed by atoms with Crippen molar-refractivity contribution in [3.8, 4) is 0 Å². The van der Waals surface area contributed by atoms with Gasteiger partial charge in [-0.05, 0) is 5.56 Å². The highest BCUT2D eigenvalue weighted by Gasteiger charge is 2.49. The molecular weight excluding hydrogens is 250 g/mol. The molecule has 0 saturated carbocycles. The minimum absolute atomic E-state index is 0.126. The van der Waals surface area contributed by atoms with Gasteiger partial charge in [0.15, 0.2) is 9.84 Å². The van der Waals surface area contributed by atoms with Crippen LogP contribution >= 0.6 is 0 Å². The van der Waals surface area contributed by atoms with E-state index in [1.54, 1.807) is 0 Å². The van der Waals surface area contributed by atoms with Crippen molar-refractivity contribution in [2.45, 2.75) is 11.3 Å². The van der Waals surface area contributed by atoms with Crippen molar-refractivity contribution in [2.75, 3.05) is 32.1 Å². The fourth-order valence-corrected chi connectivity index (χ4v) is 4.87. The van der Waals surface area contributed by atoms with Gasteiger partial charge >= 0.3 is 0 Å². The minimum atomic E-state index is -2.96. The fraction of sp³-hybridized carbons (Fsp3) is 0.538. The first kappa shape index (κ1) is 12.1. The Morgan fingerprint density at radius 3 is 2.39 bits per heavy atom. The van der Waals surface area contributed by atoms with Crippen molar-refractivity contribution >= 4 is 9.84 Å². The molecule has 2 saturated heterocycles. The van der Waals surface area contributed by atoms with E-state index in [0.29, 0.717) is 13.2 Å². The highest BCUT2D eigenvalue weighted by atomic mass is 32.2. The topological polar surface area (TPSA) is 46.6 Å². The number of sulfone groups is 1. The van der Waals surface area contributed by atoms with E-state index in [1.165, 1.54) is 0 Å². The SMILES string of the molecule is O=S1(=O)C[C@@H](N2CCOCC2)[C@H]1c1ccccc1. The average molecular weight is 267 g/mol. The molecule has 2 atom stereocenters. The summed E-state index contributed by atoms with van der Waals surface area (Å²) < 4.78 is 29.3. The molecule has 2 heterocycles. The van der Waals surface area contributed by atoms with Crippen molar-refractivity contribution in [2.24, 2.45) is 0 Å². The lowest BCUT2D eigenvalue weighted by atomic mass is 10.0. The number of morpholine rings is 1. The first-order valence-electron chi connectivity index (χ1n) is 6.27. The van der Waals surface area contributed by atoms with Crippen LogP contribution in [0, 0.1) is 0 Å². The van der Waals surface area contributed by atoms with E-state index >= 15 is 0 Å². The van der Waals surface area contributed by atoms with Gasteiger partial charge in [0.25, 0.3) is 0 Å². The van der Waals surface area contributed by atoms with Gasteiger partial charge in [0.1, 0.15) is 5.25 Å². The summed E-state index contributed by atoms with van der Waals surface area (Å²) in [4.78, 5) is 2.25. The lowest BCUT2D eigenvalue weighted by molar-refractivity contribution is 0.0163. The van der Waals surface area contributed by atoms with Gasteiger partial charge in [0.05, 0.1) is 19.0 Å². The van der Waals surface area contributed by atoms with E-state index in [9.17, 15) is 8.42 Å². The summed E-state index contributed by atoms with van der Waals surface area (Å²) in [5.41, 5.74) is 0.917. The van der Waals surface area contributed by atoms with Crippen LogP contribution in [0.15, 0.2) is 30.3 Å². The number of hydrogen-bond donors (Lipinski definition) is 0. The van der Waals surface area contributed by atoms with Gasteiger partial charge in [0, 0.05) is 19.1 Å². The Balaban J connectivity index is 1.84. The Morgan fingerprint density at radius 1 is 1.11 bits per heavy atom. The third-order valence-corrected chi connectivity index (χ3v) is 5.95. The molecule has 2 aliphatic heterocycles. The average Bonchev–Trinajstić information content (AvgIpc) is 2.38. The minimum Gasteiger partial charge on any atom is -0.379 e. The Hall–Kier alpha value is -0.910. The summed E-state index contributed by atoms with van der Waals surface area (Å²) in [7, 11) is -2.96. The monoisotopic (exact) mass is 267 g/mol. The normalized spacial score (nSPS) is 31.8. The predicted molar refractivity (Wildman–Crippen MR) is 69.1 cm³/mol. The van der Waals surface area contributed by atoms with Crippen LogP contribution < -0.4 is 0 Å². The first-order chi connectivity index (χ1) is 8.68. The molecule has 0 spiro atoms. The molecule has 98 valence electrons. The zero-order valence-corrected chi connectivity index (χ0v) is 11.0. The van der Waals surface area contributed by atoms with Gasteiger partial charge in [-0.2, -0.15) is 0 Å². The molecular formula is C13H17NO3S. The largest absolute Gasteiger partial charge is 0.379 e. The Kier molecular flexibility index (Phi) is 3.13. The van der Waals surface area contributed by atoms with E-state index in [2.05, 4.69) is 4.90 Å². The molecule has 2 fully saturated rings. The third kappa shape index (κ3) is 2.06. The summed E-state index contributed by atoms with van der Waals surface area (Å²) in [5.74, 6) is 0.284. The summed E-state index contributed by atoms with van der Waals surface area (Å²) >= 11 is 0. The van der Waals surface area contributed by atoms with Crippen molar-refractivity contribution < 1.29 is 13.2 Å². The second kappa shape index (κ2) is 4.64. The highest BCUT2D eigenvalue weighted by molar-refractivity contribution is 7.93. The maximum Gasteiger partial charge on any atom is 0.160 e. The van der Waals surface area contributed by atoms with Crippen molar-refractivity contribution in [3.05, 3.63) is 35.9 Å². The molecule has 1 aromatic carbocycles.